The molecule has 0 bridgehead atoms. The zero-order valence-corrected chi connectivity index (χ0v) is 22.1. The lowest BCUT2D eigenvalue weighted by atomic mass is 9.95. The van der Waals surface area contributed by atoms with Crippen molar-refractivity contribution >= 4 is 22.4 Å². The van der Waals surface area contributed by atoms with E-state index in [1.165, 1.54) is 5.56 Å². The summed E-state index contributed by atoms with van der Waals surface area (Å²) in [7, 11) is 3.11. The molecule has 0 N–H and O–H groups in total. The SMILES string of the molecule is C#CCOc1ccc2c(c1)C(c1ccc(C(C)C)cc1)=NCN2Cc1ccc2nc(OC)c(OC)nc2c1. The van der Waals surface area contributed by atoms with E-state index in [2.05, 4.69) is 71.0 Å². The minimum Gasteiger partial charge on any atom is -0.481 e. The van der Waals surface area contributed by atoms with Crippen LogP contribution in [-0.2, 0) is 6.54 Å². The summed E-state index contributed by atoms with van der Waals surface area (Å²) in [4.78, 5) is 16.3. The van der Waals surface area contributed by atoms with Gasteiger partial charge in [-0.3, -0.25) is 4.99 Å². The molecule has 0 saturated heterocycles. The molecule has 0 spiro atoms. The van der Waals surface area contributed by atoms with Gasteiger partial charge in [0, 0.05) is 23.4 Å². The molecule has 1 aromatic heterocycles. The average molecular weight is 507 g/mol. The second-order valence-electron chi connectivity index (χ2n) is 9.36. The highest BCUT2D eigenvalue weighted by Crippen LogP contribution is 2.33. The summed E-state index contributed by atoms with van der Waals surface area (Å²) in [5.74, 6) is 4.45. The topological polar surface area (TPSA) is 69.1 Å². The zero-order valence-electron chi connectivity index (χ0n) is 22.1. The van der Waals surface area contributed by atoms with Crippen molar-refractivity contribution < 1.29 is 14.2 Å². The van der Waals surface area contributed by atoms with Crippen LogP contribution < -0.4 is 19.1 Å². The van der Waals surface area contributed by atoms with Gasteiger partial charge in [0.2, 0.25) is 0 Å². The van der Waals surface area contributed by atoms with Gasteiger partial charge in [-0.2, -0.15) is 0 Å². The maximum Gasteiger partial charge on any atom is 0.278 e. The number of benzene rings is 3. The van der Waals surface area contributed by atoms with Gasteiger partial charge in [-0.05, 0) is 47.4 Å². The molecule has 7 nitrogen and oxygen atoms in total. The van der Waals surface area contributed by atoms with E-state index in [9.17, 15) is 0 Å². The fourth-order valence-corrected chi connectivity index (χ4v) is 4.57. The Labute approximate surface area is 223 Å². The monoisotopic (exact) mass is 506 g/mol. The second kappa shape index (κ2) is 10.8. The van der Waals surface area contributed by atoms with Gasteiger partial charge in [0.15, 0.2) is 0 Å². The molecule has 0 atom stereocenters. The van der Waals surface area contributed by atoms with E-state index in [-0.39, 0.29) is 6.61 Å². The largest absolute Gasteiger partial charge is 0.481 e. The fraction of sp³-hybridized carbons (Fsp3) is 0.258. The molecule has 0 amide bonds. The predicted molar refractivity (Wildman–Crippen MR) is 151 cm³/mol. The molecule has 192 valence electrons. The highest BCUT2D eigenvalue weighted by Gasteiger charge is 2.23. The summed E-state index contributed by atoms with van der Waals surface area (Å²) in [6.45, 7) is 5.77. The molecule has 4 aromatic rings. The molecular weight excluding hydrogens is 476 g/mol. The number of nitrogens with zero attached hydrogens (tertiary/aromatic N) is 4. The minimum atomic E-state index is 0.213. The van der Waals surface area contributed by atoms with Crippen molar-refractivity contribution in [3.8, 4) is 29.9 Å². The van der Waals surface area contributed by atoms with Crippen LogP contribution >= 0.6 is 0 Å². The second-order valence-corrected chi connectivity index (χ2v) is 9.36. The summed E-state index contributed by atoms with van der Waals surface area (Å²) in [6, 6.07) is 20.7. The molecule has 2 heterocycles. The van der Waals surface area contributed by atoms with Gasteiger partial charge in [-0.1, -0.05) is 50.1 Å². The van der Waals surface area contributed by atoms with Crippen molar-refractivity contribution in [1.29, 1.82) is 0 Å². The van der Waals surface area contributed by atoms with Crippen LogP contribution in [0, 0.1) is 12.3 Å². The molecule has 3 aromatic carbocycles. The van der Waals surface area contributed by atoms with Gasteiger partial charge in [0.25, 0.3) is 11.8 Å². The van der Waals surface area contributed by atoms with E-state index in [4.69, 9.17) is 25.6 Å². The molecule has 38 heavy (non-hydrogen) atoms. The molecule has 0 aliphatic carbocycles. The average Bonchev–Trinajstić information content (AvgIpc) is 2.95. The Morgan fingerprint density at radius 1 is 0.921 bits per heavy atom. The first kappa shape index (κ1) is 25.1. The highest BCUT2D eigenvalue weighted by molar-refractivity contribution is 6.17. The number of aliphatic imine (C=N–C) groups is 1. The van der Waals surface area contributed by atoms with Crippen LogP contribution in [0.2, 0.25) is 0 Å². The first-order chi connectivity index (χ1) is 18.5. The lowest BCUT2D eigenvalue weighted by Gasteiger charge is -2.31. The molecule has 5 rings (SSSR count). The molecule has 1 aliphatic heterocycles. The van der Waals surface area contributed by atoms with Gasteiger partial charge in [-0.15, -0.1) is 6.42 Å². The smallest absolute Gasteiger partial charge is 0.278 e. The molecule has 0 radical (unpaired) electrons. The lowest BCUT2D eigenvalue weighted by Crippen LogP contribution is -2.29. The fourth-order valence-electron chi connectivity index (χ4n) is 4.57. The Hall–Kier alpha value is -4.57. The number of hydrogen-bond donors (Lipinski definition) is 0. The minimum absolute atomic E-state index is 0.213. The van der Waals surface area contributed by atoms with Crippen LogP contribution in [-0.4, -0.2) is 43.2 Å². The summed E-state index contributed by atoms with van der Waals surface area (Å²) >= 11 is 0. The summed E-state index contributed by atoms with van der Waals surface area (Å²) in [5.41, 5.74) is 7.97. The Kier molecular flexibility index (Phi) is 7.14. The van der Waals surface area contributed by atoms with Gasteiger partial charge in [0.05, 0.1) is 31.0 Å². The Balaban J connectivity index is 1.49. The van der Waals surface area contributed by atoms with E-state index in [0.717, 1.165) is 44.9 Å². The van der Waals surface area contributed by atoms with Gasteiger partial charge in [0.1, 0.15) is 19.0 Å². The lowest BCUT2D eigenvalue weighted by molar-refractivity contribution is 0.334. The Morgan fingerprint density at radius 2 is 1.66 bits per heavy atom. The number of fused-ring (bicyclic) bond motifs is 2. The van der Waals surface area contributed by atoms with E-state index in [0.29, 0.717) is 30.9 Å². The van der Waals surface area contributed by atoms with Crippen LogP contribution in [0.4, 0.5) is 5.69 Å². The van der Waals surface area contributed by atoms with Crippen molar-refractivity contribution in [3.05, 3.63) is 82.9 Å². The van der Waals surface area contributed by atoms with Crippen molar-refractivity contribution in [2.24, 2.45) is 4.99 Å². The first-order valence-electron chi connectivity index (χ1n) is 12.5. The van der Waals surface area contributed by atoms with E-state index in [1.807, 2.05) is 24.3 Å². The zero-order chi connectivity index (χ0) is 26.6. The third-order valence-corrected chi connectivity index (χ3v) is 6.56. The summed E-state index contributed by atoms with van der Waals surface area (Å²) in [6.07, 6.45) is 5.42. The van der Waals surface area contributed by atoms with Gasteiger partial charge >= 0.3 is 0 Å². The van der Waals surface area contributed by atoms with Gasteiger partial charge in [-0.25, -0.2) is 9.97 Å². The van der Waals surface area contributed by atoms with Crippen LogP contribution in [0.5, 0.6) is 17.5 Å². The molecule has 0 saturated carbocycles. The predicted octanol–water partition coefficient (Wildman–Crippen LogP) is 5.60. The first-order valence-corrected chi connectivity index (χ1v) is 12.5. The standard InChI is InChI=1S/C31H30N4O3/c1-6-15-38-24-12-14-28-25(17-24)29(23-10-8-22(9-11-23)20(2)3)32-19-35(28)18-21-7-13-26-27(16-21)34-31(37-5)30(33-26)36-4/h1,7-14,16-17,20H,15,18-19H2,2-5H3. The van der Waals surface area contributed by atoms with E-state index < -0.39 is 0 Å². The Bertz CT molecular complexity index is 1540. The maximum atomic E-state index is 5.75. The summed E-state index contributed by atoms with van der Waals surface area (Å²) in [5, 5.41) is 0. The number of anilines is 1. The number of rotatable bonds is 8. The van der Waals surface area contributed by atoms with Crippen molar-refractivity contribution in [2.45, 2.75) is 26.3 Å². The number of aromatic nitrogens is 2. The molecule has 1 aliphatic rings. The highest BCUT2D eigenvalue weighted by atomic mass is 16.5. The number of methoxy groups -OCH3 is 2. The number of hydrogen-bond acceptors (Lipinski definition) is 7. The molecular formula is C31H30N4O3. The quantitative estimate of drug-likeness (QED) is 0.290. The normalized spacial score (nSPS) is 12.6. The maximum absolute atomic E-state index is 5.75. The number of ether oxygens (including phenoxy) is 3. The van der Waals surface area contributed by atoms with Gasteiger partial charge < -0.3 is 19.1 Å². The molecule has 7 heteroatoms. The third kappa shape index (κ3) is 4.98. The molecule has 0 unspecified atom stereocenters. The van der Waals surface area contributed by atoms with Crippen LogP contribution in [0.15, 0.2) is 65.7 Å². The van der Waals surface area contributed by atoms with Crippen molar-refractivity contribution in [2.75, 3.05) is 32.4 Å². The van der Waals surface area contributed by atoms with E-state index in [1.54, 1.807) is 14.2 Å². The van der Waals surface area contributed by atoms with Crippen molar-refractivity contribution in [1.82, 2.24) is 9.97 Å². The summed E-state index contributed by atoms with van der Waals surface area (Å²) < 4.78 is 16.4. The van der Waals surface area contributed by atoms with Crippen molar-refractivity contribution in [3.63, 3.8) is 0 Å². The third-order valence-electron chi connectivity index (χ3n) is 6.56. The van der Waals surface area contributed by atoms with Crippen LogP contribution in [0.25, 0.3) is 11.0 Å². The Morgan fingerprint density at radius 3 is 2.34 bits per heavy atom. The van der Waals surface area contributed by atoms with Crippen LogP contribution in [0.1, 0.15) is 42.0 Å². The molecule has 0 fully saturated rings. The van der Waals surface area contributed by atoms with E-state index >= 15 is 0 Å². The number of terminal acetylenes is 1. The van der Waals surface area contributed by atoms with Crippen LogP contribution in [0.3, 0.4) is 0 Å².